The van der Waals surface area contributed by atoms with Crippen molar-refractivity contribution in [3.63, 3.8) is 0 Å². The van der Waals surface area contributed by atoms with E-state index >= 15 is 0 Å². The first kappa shape index (κ1) is 15.0. The van der Waals surface area contributed by atoms with Crippen LogP contribution in [0.5, 0.6) is 0 Å². The molecule has 2 amide bonds. The van der Waals surface area contributed by atoms with Crippen LogP contribution in [-0.2, 0) is 9.59 Å². The molecular formula is C13H25N3O2. The summed E-state index contributed by atoms with van der Waals surface area (Å²) in [6.45, 7) is 4.30. The Bertz CT molecular complexity index is 281. The summed E-state index contributed by atoms with van der Waals surface area (Å²) in [5.41, 5.74) is 0. The van der Waals surface area contributed by atoms with E-state index in [0.29, 0.717) is 25.4 Å². The van der Waals surface area contributed by atoms with Crippen LogP contribution in [0.3, 0.4) is 0 Å². The summed E-state index contributed by atoms with van der Waals surface area (Å²) in [5, 5.41) is 6.00. The van der Waals surface area contributed by atoms with Gasteiger partial charge in [-0.1, -0.05) is 6.92 Å². The third kappa shape index (κ3) is 5.04. The van der Waals surface area contributed by atoms with Gasteiger partial charge in [0.15, 0.2) is 0 Å². The van der Waals surface area contributed by atoms with E-state index in [2.05, 4.69) is 10.6 Å². The van der Waals surface area contributed by atoms with Gasteiger partial charge in [-0.25, -0.2) is 0 Å². The largest absolute Gasteiger partial charge is 0.356 e. The Kier molecular flexibility index (Phi) is 6.72. The first-order valence-corrected chi connectivity index (χ1v) is 6.89. The number of nitrogens with zero attached hydrogens (tertiary/aromatic N) is 1. The first-order valence-electron chi connectivity index (χ1n) is 6.89. The lowest BCUT2D eigenvalue weighted by molar-refractivity contribution is -0.134. The van der Waals surface area contributed by atoms with E-state index < -0.39 is 0 Å². The second-order valence-corrected chi connectivity index (χ2v) is 4.82. The smallest absolute Gasteiger partial charge is 0.223 e. The van der Waals surface area contributed by atoms with Gasteiger partial charge in [0.05, 0.1) is 0 Å². The van der Waals surface area contributed by atoms with Gasteiger partial charge in [-0.05, 0) is 26.3 Å². The number of likely N-dealkylation sites (tertiary alicyclic amines) is 1. The molecule has 0 aliphatic carbocycles. The van der Waals surface area contributed by atoms with Gasteiger partial charge in [0.2, 0.25) is 11.8 Å². The highest BCUT2D eigenvalue weighted by Gasteiger charge is 2.22. The Hall–Kier alpha value is -1.10. The van der Waals surface area contributed by atoms with E-state index in [0.717, 1.165) is 32.4 Å². The molecule has 1 fully saturated rings. The number of piperidine rings is 1. The van der Waals surface area contributed by atoms with E-state index in [9.17, 15) is 9.59 Å². The molecule has 2 N–H and O–H groups in total. The van der Waals surface area contributed by atoms with E-state index in [4.69, 9.17) is 0 Å². The Morgan fingerprint density at radius 2 is 2.11 bits per heavy atom. The molecule has 0 bridgehead atoms. The average Bonchev–Trinajstić information content (AvgIpc) is 2.42. The predicted octanol–water partition coefficient (Wildman–Crippen LogP) is 0.503. The SMILES string of the molecule is CCCNC(=O)CCC(=O)N1CCCC(NC)C1. The fourth-order valence-electron chi connectivity index (χ4n) is 2.17. The Morgan fingerprint density at radius 3 is 2.78 bits per heavy atom. The van der Waals surface area contributed by atoms with Crippen LogP contribution >= 0.6 is 0 Å². The molecule has 0 radical (unpaired) electrons. The first-order chi connectivity index (χ1) is 8.67. The van der Waals surface area contributed by atoms with Gasteiger partial charge >= 0.3 is 0 Å². The lowest BCUT2D eigenvalue weighted by atomic mass is 10.1. The van der Waals surface area contributed by atoms with Crippen LogP contribution in [0, 0.1) is 0 Å². The van der Waals surface area contributed by atoms with Crippen LogP contribution in [0.1, 0.15) is 39.0 Å². The zero-order valence-electron chi connectivity index (χ0n) is 11.5. The van der Waals surface area contributed by atoms with Crippen molar-refractivity contribution < 1.29 is 9.59 Å². The Balaban J connectivity index is 2.25. The topological polar surface area (TPSA) is 61.4 Å². The molecule has 18 heavy (non-hydrogen) atoms. The van der Waals surface area contributed by atoms with Crippen molar-refractivity contribution in [3.8, 4) is 0 Å². The Labute approximate surface area is 109 Å². The number of carbonyl (C=O) groups is 2. The zero-order chi connectivity index (χ0) is 13.4. The molecule has 1 aliphatic heterocycles. The number of likely N-dealkylation sites (N-methyl/N-ethyl adjacent to an activating group) is 1. The van der Waals surface area contributed by atoms with E-state index in [-0.39, 0.29) is 11.8 Å². The van der Waals surface area contributed by atoms with Crippen LogP contribution in [0.25, 0.3) is 0 Å². The molecular weight excluding hydrogens is 230 g/mol. The molecule has 5 heteroatoms. The summed E-state index contributed by atoms with van der Waals surface area (Å²) < 4.78 is 0. The minimum Gasteiger partial charge on any atom is -0.356 e. The molecule has 1 rings (SSSR count). The van der Waals surface area contributed by atoms with Crippen molar-refractivity contribution >= 4 is 11.8 Å². The molecule has 0 saturated carbocycles. The van der Waals surface area contributed by atoms with Crippen LogP contribution < -0.4 is 10.6 Å². The highest BCUT2D eigenvalue weighted by molar-refractivity contribution is 5.83. The van der Waals surface area contributed by atoms with Gasteiger partial charge in [-0.15, -0.1) is 0 Å². The molecule has 1 aliphatic rings. The second kappa shape index (κ2) is 8.08. The Morgan fingerprint density at radius 1 is 1.33 bits per heavy atom. The summed E-state index contributed by atoms with van der Waals surface area (Å²) in [6.07, 6.45) is 3.72. The van der Waals surface area contributed by atoms with Gasteiger partial charge < -0.3 is 15.5 Å². The summed E-state index contributed by atoms with van der Waals surface area (Å²) in [6, 6.07) is 0.400. The van der Waals surface area contributed by atoms with Crippen molar-refractivity contribution in [2.24, 2.45) is 0 Å². The molecule has 1 saturated heterocycles. The summed E-state index contributed by atoms with van der Waals surface area (Å²) in [4.78, 5) is 25.2. The zero-order valence-corrected chi connectivity index (χ0v) is 11.5. The normalized spacial score (nSPS) is 19.7. The van der Waals surface area contributed by atoms with Gasteiger partial charge in [0.25, 0.3) is 0 Å². The van der Waals surface area contributed by atoms with Crippen LogP contribution in [0.2, 0.25) is 0 Å². The van der Waals surface area contributed by atoms with Crippen molar-refractivity contribution in [1.29, 1.82) is 0 Å². The molecule has 1 unspecified atom stereocenters. The van der Waals surface area contributed by atoms with Gasteiger partial charge in [-0.3, -0.25) is 9.59 Å². The number of carbonyl (C=O) groups excluding carboxylic acids is 2. The van der Waals surface area contributed by atoms with Crippen LogP contribution in [0.15, 0.2) is 0 Å². The standard InChI is InChI=1S/C13H25N3O2/c1-3-8-15-12(17)6-7-13(18)16-9-4-5-11(10-16)14-2/h11,14H,3-10H2,1-2H3,(H,15,17). The van der Waals surface area contributed by atoms with Gasteiger partial charge in [0, 0.05) is 38.5 Å². The summed E-state index contributed by atoms with van der Waals surface area (Å²) in [7, 11) is 1.93. The highest BCUT2D eigenvalue weighted by Crippen LogP contribution is 2.11. The van der Waals surface area contributed by atoms with Gasteiger partial charge in [0.1, 0.15) is 0 Å². The quantitative estimate of drug-likeness (QED) is 0.726. The molecule has 0 spiro atoms. The average molecular weight is 255 g/mol. The molecule has 0 aromatic heterocycles. The van der Waals surface area contributed by atoms with E-state index in [1.807, 2.05) is 18.9 Å². The predicted molar refractivity (Wildman–Crippen MR) is 71.2 cm³/mol. The molecule has 5 nitrogen and oxygen atoms in total. The number of rotatable bonds is 6. The minimum absolute atomic E-state index is 0.0209. The van der Waals surface area contributed by atoms with E-state index in [1.54, 1.807) is 0 Å². The van der Waals surface area contributed by atoms with Crippen molar-refractivity contribution in [2.75, 3.05) is 26.7 Å². The van der Waals surface area contributed by atoms with Crippen molar-refractivity contribution in [1.82, 2.24) is 15.5 Å². The van der Waals surface area contributed by atoms with Gasteiger partial charge in [-0.2, -0.15) is 0 Å². The minimum atomic E-state index is -0.0209. The fourth-order valence-corrected chi connectivity index (χ4v) is 2.17. The maximum Gasteiger partial charge on any atom is 0.223 e. The number of hydrogen-bond donors (Lipinski definition) is 2. The molecule has 1 heterocycles. The monoisotopic (exact) mass is 255 g/mol. The lowest BCUT2D eigenvalue weighted by Crippen LogP contribution is -2.47. The molecule has 0 aromatic rings. The van der Waals surface area contributed by atoms with Crippen LogP contribution in [0.4, 0.5) is 0 Å². The molecule has 104 valence electrons. The molecule has 0 aromatic carbocycles. The highest BCUT2D eigenvalue weighted by atomic mass is 16.2. The third-order valence-electron chi connectivity index (χ3n) is 3.32. The lowest BCUT2D eigenvalue weighted by Gasteiger charge is -2.32. The maximum atomic E-state index is 12.0. The number of amides is 2. The summed E-state index contributed by atoms with van der Waals surface area (Å²) >= 11 is 0. The van der Waals surface area contributed by atoms with Crippen LogP contribution in [-0.4, -0.2) is 49.4 Å². The number of hydrogen-bond acceptors (Lipinski definition) is 3. The second-order valence-electron chi connectivity index (χ2n) is 4.82. The maximum absolute atomic E-state index is 12.0. The van der Waals surface area contributed by atoms with Crippen molar-refractivity contribution in [3.05, 3.63) is 0 Å². The van der Waals surface area contributed by atoms with Crippen molar-refractivity contribution in [2.45, 2.75) is 45.1 Å². The third-order valence-corrected chi connectivity index (χ3v) is 3.32. The molecule has 1 atom stereocenters. The summed E-state index contributed by atoms with van der Waals surface area (Å²) in [5.74, 6) is 0.0778. The fraction of sp³-hybridized carbons (Fsp3) is 0.846. The number of nitrogens with one attached hydrogen (secondary N) is 2. The van der Waals surface area contributed by atoms with E-state index in [1.165, 1.54) is 0 Å².